The van der Waals surface area contributed by atoms with E-state index in [9.17, 15) is 22.8 Å². The van der Waals surface area contributed by atoms with Crippen molar-refractivity contribution in [1.29, 1.82) is 0 Å². The summed E-state index contributed by atoms with van der Waals surface area (Å²) in [6.07, 6.45) is -3.11. The van der Waals surface area contributed by atoms with Crippen molar-refractivity contribution >= 4 is 17.6 Å². The van der Waals surface area contributed by atoms with Gasteiger partial charge in [0.25, 0.3) is 0 Å². The molecule has 0 bridgehead atoms. The summed E-state index contributed by atoms with van der Waals surface area (Å²) in [7, 11) is 0. The molecule has 9 heteroatoms. The van der Waals surface area contributed by atoms with E-state index >= 15 is 0 Å². The summed E-state index contributed by atoms with van der Waals surface area (Å²) in [5.74, 6) is -2.04. The van der Waals surface area contributed by atoms with Crippen LogP contribution in [0.15, 0.2) is 48.5 Å². The van der Waals surface area contributed by atoms with Crippen LogP contribution >= 0.6 is 0 Å². The first kappa shape index (κ1) is 23.9. The number of nitrogens with zero attached hydrogens (tertiary/aromatic N) is 2. The maximum absolute atomic E-state index is 13.3. The molecule has 2 aromatic rings. The number of halogens is 3. The minimum absolute atomic E-state index is 0.0647. The molecule has 2 aliphatic rings. The zero-order valence-corrected chi connectivity index (χ0v) is 18.8. The molecular formula is C25H29F3N4O2. The highest BCUT2D eigenvalue weighted by atomic mass is 19.4. The SMILES string of the molecule is NC(=O)CCC(c1ccccc1)[C@H]1c2cccc(N3CCC(C(F)(F)F)C3)c2CCN1C(N)=O. The van der Waals surface area contributed by atoms with Crippen molar-refractivity contribution in [2.24, 2.45) is 17.4 Å². The van der Waals surface area contributed by atoms with Gasteiger partial charge in [0.1, 0.15) is 0 Å². The van der Waals surface area contributed by atoms with E-state index in [1.54, 1.807) is 9.80 Å². The Kier molecular flexibility index (Phi) is 6.72. The normalized spacial score (nSPS) is 21.3. The predicted octanol–water partition coefficient (Wildman–Crippen LogP) is 4.10. The number of alkyl halides is 3. The lowest BCUT2D eigenvalue weighted by Crippen LogP contribution is -2.45. The Bertz CT molecular complexity index is 1040. The third-order valence-electron chi connectivity index (χ3n) is 7.03. The number of anilines is 1. The number of primary amides is 2. The Morgan fingerprint density at radius 3 is 2.38 bits per heavy atom. The van der Waals surface area contributed by atoms with E-state index in [2.05, 4.69) is 0 Å². The highest BCUT2D eigenvalue weighted by Crippen LogP contribution is 2.46. The number of benzene rings is 2. The number of nitrogens with two attached hydrogens (primary N) is 2. The molecule has 1 saturated heterocycles. The molecule has 182 valence electrons. The number of fused-ring (bicyclic) bond motifs is 1. The number of hydrogen-bond donors (Lipinski definition) is 2. The Morgan fingerprint density at radius 2 is 1.76 bits per heavy atom. The maximum atomic E-state index is 13.3. The van der Waals surface area contributed by atoms with Crippen molar-refractivity contribution in [1.82, 2.24) is 4.90 Å². The number of carbonyl (C=O) groups is 2. The van der Waals surface area contributed by atoms with E-state index in [1.165, 1.54) is 0 Å². The van der Waals surface area contributed by atoms with E-state index in [-0.39, 0.29) is 25.3 Å². The van der Waals surface area contributed by atoms with E-state index in [1.807, 2.05) is 48.5 Å². The Hall–Kier alpha value is -3.23. The molecule has 1 fully saturated rings. The topological polar surface area (TPSA) is 92.7 Å². The van der Waals surface area contributed by atoms with Crippen LogP contribution in [0.2, 0.25) is 0 Å². The summed E-state index contributed by atoms with van der Waals surface area (Å²) in [4.78, 5) is 27.5. The van der Waals surface area contributed by atoms with Crippen LogP contribution in [0.5, 0.6) is 0 Å². The fourth-order valence-electron chi connectivity index (χ4n) is 5.41. The summed E-state index contributed by atoms with van der Waals surface area (Å²) < 4.78 is 39.9. The smallest absolute Gasteiger partial charge is 0.371 e. The molecule has 0 aromatic heterocycles. The lowest BCUT2D eigenvalue weighted by Gasteiger charge is -2.42. The van der Waals surface area contributed by atoms with Crippen LogP contribution in [0.4, 0.5) is 23.7 Å². The van der Waals surface area contributed by atoms with Gasteiger partial charge in [-0.2, -0.15) is 13.2 Å². The molecule has 3 atom stereocenters. The third-order valence-corrected chi connectivity index (χ3v) is 7.03. The number of hydrogen-bond acceptors (Lipinski definition) is 3. The predicted molar refractivity (Wildman–Crippen MR) is 123 cm³/mol. The summed E-state index contributed by atoms with van der Waals surface area (Å²) in [6.45, 7) is 0.600. The van der Waals surface area contributed by atoms with Crippen molar-refractivity contribution in [3.05, 3.63) is 65.2 Å². The minimum Gasteiger partial charge on any atom is -0.371 e. The van der Waals surface area contributed by atoms with Crippen molar-refractivity contribution in [2.75, 3.05) is 24.5 Å². The van der Waals surface area contributed by atoms with Gasteiger partial charge in [0.15, 0.2) is 0 Å². The molecule has 4 N–H and O–H groups in total. The summed E-state index contributed by atoms with van der Waals surface area (Å²) in [6, 6.07) is 14.1. The highest BCUT2D eigenvalue weighted by Gasteiger charge is 2.44. The zero-order valence-electron chi connectivity index (χ0n) is 18.8. The quantitative estimate of drug-likeness (QED) is 0.660. The molecule has 34 heavy (non-hydrogen) atoms. The molecule has 6 nitrogen and oxygen atoms in total. The highest BCUT2D eigenvalue weighted by molar-refractivity contribution is 5.75. The fraction of sp³-hybridized carbons (Fsp3) is 0.440. The molecule has 2 heterocycles. The molecule has 2 aromatic carbocycles. The van der Waals surface area contributed by atoms with Crippen LogP contribution in [0.1, 0.15) is 47.9 Å². The van der Waals surface area contributed by atoms with E-state index in [0.29, 0.717) is 25.9 Å². The van der Waals surface area contributed by atoms with Gasteiger partial charge >= 0.3 is 12.2 Å². The van der Waals surface area contributed by atoms with Crippen LogP contribution < -0.4 is 16.4 Å². The van der Waals surface area contributed by atoms with Crippen molar-refractivity contribution in [3.63, 3.8) is 0 Å². The van der Waals surface area contributed by atoms with E-state index in [4.69, 9.17) is 11.5 Å². The van der Waals surface area contributed by atoms with Crippen LogP contribution in [-0.2, 0) is 11.2 Å². The van der Waals surface area contributed by atoms with Crippen LogP contribution in [0.3, 0.4) is 0 Å². The molecule has 2 aliphatic heterocycles. The Morgan fingerprint density at radius 1 is 1.03 bits per heavy atom. The van der Waals surface area contributed by atoms with Gasteiger partial charge < -0.3 is 21.3 Å². The maximum Gasteiger partial charge on any atom is 0.393 e. The second-order valence-corrected chi connectivity index (χ2v) is 9.07. The lowest BCUT2D eigenvalue weighted by atomic mass is 9.78. The van der Waals surface area contributed by atoms with Gasteiger partial charge in [-0.1, -0.05) is 42.5 Å². The standard InChI is InChI=1S/C25H29F3N4O2/c26-25(27,28)17-11-13-31(15-17)21-8-4-7-20-19(21)12-14-32(24(30)34)23(20)18(9-10-22(29)33)16-5-2-1-3-6-16/h1-8,17-18,23H,9-15H2,(H2,29,33)(H2,30,34)/t17?,18?,23-/m0/s1. The third kappa shape index (κ3) is 4.83. The van der Waals surface area contributed by atoms with Crippen molar-refractivity contribution < 1.29 is 22.8 Å². The average Bonchev–Trinajstić information content (AvgIpc) is 3.30. The molecule has 0 spiro atoms. The summed E-state index contributed by atoms with van der Waals surface area (Å²) in [5, 5.41) is 0. The number of carbonyl (C=O) groups excluding carboxylic acids is 2. The van der Waals surface area contributed by atoms with Crippen molar-refractivity contribution in [2.45, 2.75) is 43.8 Å². The van der Waals surface area contributed by atoms with Gasteiger partial charge in [0.2, 0.25) is 5.91 Å². The van der Waals surface area contributed by atoms with Crippen LogP contribution in [-0.4, -0.2) is 42.6 Å². The summed E-state index contributed by atoms with van der Waals surface area (Å²) in [5.41, 5.74) is 14.7. The lowest BCUT2D eigenvalue weighted by molar-refractivity contribution is -0.168. The van der Waals surface area contributed by atoms with Gasteiger partial charge in [-0.05, 0) is 42.0 Å². The zero-order chi connectivity index (χ0) is 24.5. The number of urea groups is 1. The van der Waals surface area contributed by atoms with Gasteiger partial charge in [-0.3, -0.25) is 4.79 Å². The second-order valence-electron chi connectivity index (χ2n) is 9.07. The van der Waals surface area contributed by atoms with Crippen LogP contribution in [0, 0.1) is 5.92 Å². The largest absolute Gasteiger partial charge is 0.393 e. The molecule has 2 unspecified atom stereocenters. The second kappa shape index (κ2) is 9.56. The molecular weight excluding hydrogens is 445 g/mol. The van der Waals surface area contributed by atoms with E-state index in [0.717, 1.165) is 22.4 Å². The first-order chi connectivity index (χ1) is 16.2. The monoisotopic (exact) mass is 474 g/mol. The first-order valence-electron chi connectivity index (χ1n) is 11.5. The molecule has 0 aliphatic carbocycles. The molecule has 0 radical (unpaired) electrons. The Balaban J connectivity index is 1.76. The first-order valence-corrected chi connectivity index (χ1v) is 11.5. The average molecular weight is 475 g/mol. The van der Waals surface area contributed by atoms with E-state index < -0.39 is 30.1 Å². The number of amides is 3. The fourth-order valence-corrected chi connectivity index (χ4v) is 5.41. The van der Waals surface area contributed by atoms with Crippen LogP contribution in [0.25, 0.3) is 0 Å². The molecule has 3 amide bonds. The molecule has 4 rings (SSSR count). The van der Waals surface area contributed by atoms with Crippen molar-refractivity contribution in [3.8, 4) is 0 Å². The van der Waals surface area contributed by atoms with Gasteiger partial charge in [-0.15, -0.1) is 0 Å². The van der Waals surface area contributed by atoms with Gasteiger partial charge in [-0.25, -0.2) is 4.79 Å². The minimum atomic E-state index is -4.22. The van der Waals surface area contributed by atoms with Gasteiger partial charge in [0.05, 0.1) is 12.0 Å². The Labute approximate surface area is 196 Å². The molecule has 0 saturated carbocycles. The number of rotatable bonds is 6. The summed E-state index contributed by atoms with van der Waals surface area (Å²) >= 11 is 0. The van der Waals surface area contributed by atoms with Gasteiger partial charge in [0, 0.05) is 37.7 Å².